The number of rotatable bonds is 41. The van der Waals surface area contributed by atoms with Gasteiger partial charge in [-0.15, -0.1) is 0 Å². The third-order valence-corrected chi connectivity index (χ3v) is 11.1. The normalized spacial score (nSPS) is 14.6. The molecule has 0 radical (unpaired) electrons. The van der Waals surface area contributed by atoms with E-state index in [1.54, 1.807) is 6.08 Å². The number of amides is 1. The van der Waals surface area contributed by atoms with Gasteiger partial charge in [-0.25, -0.2) is 4.57 Å². The minimum atomic E-state index is -4.33. The van der Waals surface area contributed by atoms with Crippen molar-refractivity contribution >= 4 is 13.7 Å². The second-order valence-corrected chi connectivity index (χ2v) is 18.2. The van der Waals surface area contributed by atoms with E-state index in [0.29, 0.717) is 17.4 Å². The fraction of sp³-hybridized carbons (Fsp3) is 0.889. The summed E-state index contributed by atoms with van der Waals surface area (Å²) in [6.07, 6.45) is 43.8. The number of carbonyl (C=O) groups excluding carboxylic acids is 1. The summed E-state index contributed by atoms with van der Waals surface area (Å²) in [5.74, 6) is -0.179. The SMILES string of the molecule is CCCCCCCC/C=C\CCCCCCCCCCCC(=O)N[C@@H](COP(=O)(O)OCC[N+](C)(C)C)[C@H](O)/C=C/CCCCCCCCCCCCC. The zero-order valence-electron chi connectivity index (χ0n) is 36.2. The molecular formula is C45H90N2O6P+. The van der Waals surface area contributed by atoms with Crippen LogP contribution in [0.3, 0.4) is 0 Å². The molecule has 320 valence electrons. The van der Waals surface area contributed by atoms with Gasteiger partial charge in [0.2, 0.25) is 5.91 Å². The molecular weight excluding hydrogens is 695 g/mol. The quantitative estimate of drug-likeness (QED) is 0.0247. The van der Waals surface area contributed by atoms with Crippen molar-refractivity contribution in [2.45, 2.75) is 219 Å². The minimum Gasteiger partial charge on any atom is -0.387 e. The molecule has 0 aliphatic rings. The number of quaternary nitrogens is 1. The number of nitrogens with zero attached hydrogens (tertiary/aromatic N) is 1. The highest BCUT2D eigenvalue weighted by atomic mass is 31.2. The Balaban J connectivity index is 4.36. The van der Waals surface area contributed by atoms with Gasteiger partial charge < -0.3 is 19.8 Å². The molecule has 0 saturated carbocycles. The summed E-state index contributed by atoms with van der Waals surface area (Å²) in [6, 6.07) is -0.843. The molecule has 3 atom stereocenters. The lowest BCUT2D eigenvalue weighted by Gasteiger charge is -2.25. The first-order valence-electron chi connectivity index (χ1n) is 22.7. The number of hydrogen-bond donors (Lipinski definition) is 3. The third-order valence-electron chi connectivity index (χ3n) is 10.2. The Morgan fingerprint density at radius 1 is 0.611 bits per heavy atom. The molecule has 0 saturated heterocycles. The molecule has 54 heavy (non-hydrogen) atoms. The number of hydrogen-bond acceptors (Lipinski definition) is 5. The summed E-state index contributed by atoms with van der Waals surface area (Å²) in [6.45, 7) is 4.81. The summed E-state index contributed by atoms with van der Waals surface area (Å²) in [7, 11) is 1.57. The molecule has 0 bridgehead atoms. The van der Waals surface area contributed by atoms with Crippen LogP contribution in [0.5, 0.6) is 0 Å². The zero-order valence-corrected chi connectivity index (χ0v) is 37.1. The molecule has 0 aliphatic heterocycles. The van der Waals surface area contributed by atoms with Gasteiger partial charge in [0, 0.05) is 6.42 Å². The maximum atomic E-state index is 12.9. The fourth-order valence-corrected chi connectivity index (χ4v) is 7.24. The van der Waals surface area contributed by atoms with Crippen LogP contribution in [0.4, 0.5) is 0 Å². The third kappa shape index (κ3) is 39.2. The van der Waals surface area contributed by atoms with E-state index in [9.17, 15) is 19.4 Å². The lowest BCUT2D eigenvalue weighted by molar-refractivity contribution is -0.870. The Morgan fingerprint density at radius 2 is 1.00 bits per heavy atom. The first-order chi connectivity index (χ1) is 26.0. The van der Waals surface area contributed by atoms with Crippen LogP contribution in [0.2, 0.25) is 0 Å². The number of aliphatic hydroxyl groups is 1. The molecule has 0 heterocycles. The van der Waals surface area contributed by atoms with Crippen molar-refractivity contribution in [3.8, 4) is 0 Å². The van der Waals surface area contributed by atoms with Crippen molar-refractivity contribution in [2.24, 2.45) is 0 Å². The Morgan fingerprint density at radius 3 is 1.43 bits per heavy atom. The summed E-state index contributed by atoms with van der Waals surface area (Å²) < 4.78 is 23.5. The summed E-state index contributed by atoms with van der Waals surface area (Å²) in [4.78, 5) is 23.1. The number of phosphoric acid groups is 1. The van der Waals surface area contributed by atoms with Gasteiger partial charge in [0.1, 0.15) is 13.2 Å². The lowest BCUT2D eigenvalue weighted by atomic mass is 10.0. The molecule has 0 rings (SSSR count). The Bertz CT molecular complexity index is 938. The van der Waals surface area contributed by atoms with E-state index in [1.807, 2.05) is 27.2 Å². The first-order valence-corrected chi connectivity index (χ1v) is 24.2. The zero-order chi connectivity index (χ0) is 40.0. The van der Waals surface area contributed by atoms with Gasteiger partial charge in [0.15, 0.2) is 0 Å². The molecule has 8 nitrogen and oxygen atoms in total. The summed E-state index contributed by atoms with van der Waals surface area (Å²) in [5, 5.41) is 13.8. The van der Waals surface area contributed by atoms with Crippen LogP contribution in [0.25, 0.3) is 0 Å². The number of unbranched alkanes of at least 4 members (excludes halogenated alkanes) is 26. The van der Waals surface area contributed by atoms with Crippen LogP contribution in [0.1, 0.15) is 206 Å². The Kier molecular flexibility index (Phi) is 36.8. The molecule has 1 unspecified atom stereocenters. The second-order valence-electron chi connectivity index (χ2n) is 16.8. The smallest absolute Gasteiger partial charge is 0.387 e. The predicted molar refractivity (Wildman–Crippen MR) is 231 cm³/mol. The van der Waals surface area contributed by atoms with Crippen molar-refractivity contribution in [2.75, 3.05) is 40.9 Å². The molecule has 0 fully saturated rings. The Labute approximate surface area is 334 Å². The molecule has 0 aromatic carbocycles. The van der Waals surface area contributed by atoms with Gasteiger partial charge in [-0.2, -0.15) is 0 Å². The van der Waals surface area contributed by atoms with Crippen LogP contribution in [-0.2, 0) is 18.4 Å². The molecule has 3 N–H and O–H groups in total. The highest BCUT2D eigenvalue weighted by molar-refractivity contribution is 7.47. The average Bonchev–Trinajstić information content (AvgIpc) is 3.12. The number of aliphatic hydroxyl groups excluding tert-OH is 1. The number of nitrogens with one attached hydrogen (secondary N) is 1. The molecule has 9 heteroatoms. The number of allylic oxidation sites excluding steroid dienone is 3. The van der Waals surface area contributed by atoms with E-state index < -0.39 is 20.0 Å². The van der Waals surface area contributed by atoms with Crippen molar-refractivity contribution in [3.63, 3.8) is 0 Å². The highest BCUT2D eigenvalue weighted by Crippen LogP contribution is 2.43. The molecule has 0 aliphatic carbocycles. The lowest BCUT2D eigenvalue weighted by Crippen LogP contribution is -2.45. The van der Waals surface area contributed by atoms with E-state index in [4.69, 9.17) is 9.05 Å². The van der Waals surface area contributed by atoms with E-state index in [2.05, 4.69) is 31.3 Å². The van der Waals surface area contributed by atoms with Crippen molar-refractivity contribution in [1.82, 2.24) is 5.32 Å². The van der Waals surface area contributed by atoms with E-state index in [-0.39, 0.29) is 19.1 Å². The van der Waals surface area contributed by atoms with Gasteiger partial charge in [0.25, 0.3) is 0 Å². The van der Waals surface area contributed by atoms with Crippen molar-refractivity contribution < 1.29 is 32.9 Å². The standard InChI is InChI=1S/C45H89N2O6P/c1-6-8-10-12-14-16-18-20-21-22-23-24-25-27-29-31-33-35-37-39-45(49)46-43(42-53-54(50,51)52-41-40-47(3,4)5)44(48)38-36-34-32-30-28-26-19-17-15-13-11-9-7-2/h20-21,36,38,43-44,48H,6-19,22-35,37,39-42H2,1-5H3,(H-,46,49,50,51)/p+1/b21-20-,38-36+/t43-,44+/m0/s1. The van der Waals surface area contributed by atoms with Crippen LogP contribution < -0.4 is 5.32 Å². The van der Waals surface area contributed by atoms with Crippen molar-refractivity contribution in [3.05, 3.63) is 24.3 Å². The maximum Gasteiger partial charge on any atom is 0.472 e. The van der Waals surface area contributed by atoms with Crippen LogP contribution in [-0.4, -0.2) is 73.4 Å². The van der Waals surface area contributed by atoms with Gasteiger partial charge in [-0.05, 0) is 44.9 Å². The fourth-order valence-electron chi connectivity index (χ4n) is 6.51. The summed E-state index contributed by atoms with van der Waals surface area (Å²) >= 11 is 0. The summed E-state index contributed by atoms with van der Waals surface area (Å²) in [5.41, 5.74) is 0. The molecule has 1 amide bonds. The Hall–Kier alpha value is -1.02. The molecule has 0 spiro atoms. The highest BCUT2D eigenvalue weighted by Gasteiger charge is 2.27. The first kappa shape index (κ1) is 53.0. The van der Waals surface area contributed by atoms with E-state index >= 15 is 0 Å². The van der Waals surface area contributed by atoms with Gasteiger partial charge >= 0.3 is 7.82 Å². The molecule has 0 aromatic heterocycles. The van der Waals surface area contributed by atoms with E-state index in [0.717, 1.165) is 38.5 Å². The average molecular weight is 786 g/mol. The van der Waals surface area contributed by atoms with E-state index in [1.165, 1.54) is 148 Å². The topological polar surface area (TPSA) is 105 Å². The minimum absolute atomic E-state index is 0.0622. The molecule has 0 aromatic rings. The van der Waals surface area contributed by atoms with Crippen LogP contribution in [0.15, 0.2) is 24.3 Å². The van der Waals surface area contributed by atoms with Crippen LogP contribution in [0, 0.1) is 0 Å². The van der Waals surface area contributed by atoms with Crippen molar-refractivity contribution in [1.29, 1.82) is 0 Å². The van der Waals surface area contributed by atoms with Gasteiger partial charge in [-0.3, -0.25) is 13.8 Å². The second kappa shape index (κ2) is 37.6. The number of phosphoric ester groups is 1. The predicted octanol–water partition coefficient (Wildman–Crippen LogP) is 12.5. The maximum absolute atomic E-state index is 12.9. The van der Waals surface area contributed by atoms with Crippen LogP contribution >= 0.6 is 7.82 Å². The monoisotopic (exact) mass is 786 g/mol. The van der Waals surface area contributed by atoms with Gasteiger partial charge in [0.05, 0.1) is 39.9 Å². The van der Waals surface area contributed by atoms with Gasteiger partial charge in [-0.1, -0.05) is 179 Å². The number of likely N-dealkylation sites (N-methyl/N-ethyl adjacent to an activating group) is 1. The largest absolute Gasteiger partial charge is 0.472 e. The number of carbonyl (C=O) groups is 1.